The third kappa shape index (κ3) is 4.26. The van der Waals surface area contributed by atoms with Crippen molar-refractivity contribution in [3.63, 3.8) is 0 Å². The van der Waals surface area contributed by atoms with E-state index < -0.39 is 0 Å². The van der Waals surface area contributed by atoms with Crippen LogP contribution in [-0.2, 0) is 4.79 Å². The third-order valence-corrected chi connectivity index (χ3v) is 1.70. The largest absolute Gasteiger partial charge is 0.370 e. The summed E-state index contributed by atoms with van der Waals surface area (Å²) in [5.74, 6) is 1.11. The summed E-state index contributed by atoms with van der Waals surface area (Å²) < 4.78 is 0. The van der Waals surface area contributed by atoms with E-state index in [-0.39, 0.29) is 5.91 Å². The molecule has 1 rings (SSSR count). The molecule has 1 aromatic rings. The summed E-state index contributed by atoms with van der Waals surface area (Å²) in [7, 11) is 0. The lowest BCUT2D eigenvalue weighted by molar-refractivity contribution is -0.117. The quantitative estimate of drug-likeness (QED) is 0.622. The standard InChI is InChI=1S/C9H15N5O/c1-2-11-8-5-9(14-6-13-8)12-4-3-7(10)15/h5-6H,2-4H2,1H3,(H2,10,15)(H2,11,12,13,14). The fourth-order valence-corrected chi connectivity index (χ4v) is 1.05. The fraction of sp³-hybridized carbons (Fsp3) is 0.444. The molecule has 4 N–H and O–H groups in total. The second kappa shape index (κ2) is 5.79. The van der Waals surface area contributed by atoms with Gasteiger partial charge in [-0.15, -0.1) is 0 Å². The number of hydrogen-bond acceptors (Lipinski definition) is 5. The van der Waals surface area contributed by atoms with Crippen molar-refractivity contribution in [2.45, 2.75) is 13.3 Å². The Bertz CT molecular complexity index is 328. The van der Waals surface area contributed by atoms with E-state index in [1.807, 2.05) is 6.92 Å². The van der Waals surface area contributed by atoms with Gasteiger partial charge in [-0.3, -0.25) is 4.79 Å². The van der Waals surface area contributed by atoms with Crippen LogP contribution in [-0.4, -0.2) is 29.0 Å². The van der Waals surface area contributed by atoms with Gasteiger partial charge in [0.15, 0.2) is 0 Å². The summed E-state index contributed by atoms with van der Waals surface area (Å²) in [6.07, 6.45) is 1.76. The van der Waals surface area contributed by atoms with Crippen LogP contribution in [0, 0.1) is 0 Å². The molecule has 82 valence electrons. The van der Waals surface area contributed by atoms with Crippen molar-refractivity contribution in [3.8, 4) is 0 Å². The second-order valence-corrected chi connectivity index (χ2v) is 2.96. The first-order valence-corrected chi connectivity index (χ1v) is 4.80. The highest BCUT2D eigenvalue weighted by atomic mass is 16.1. The van der Waals surface area contributed by atoms with Gasteiger partial charge in [0, 0.05) is 25.6 Å². The van der Waals surface area contributed by atoms with Crippen LogP contribution in [0.4, 0.5) is 11.6 Å². The number of rotatable bonds is 6. The topological polar surface area (TPSA) is 92.9 Å². The average Bonchev–Trinajstić information content (AvgIpc) is 2.18. The Morgan fingerprint density at radius 1 is 1.40 bits per heavy atom. The van der Waals surface area contributed by atoms with E-state index in [1.54, 1.807) is 6.07 Å². The van der Waals surface area contributed by atoms with Crippen molar-refractivity contribution >= 4 is 17.5 Å². The molecule has 1 heterocycles. The van der Waals surface area contributed by atoms with Crippen LogP contribution in [0.25, 0.3) is 0 Å². The lowest BCUT2D eigenvalue weighted by atomic mass is 10.4. The van der Waals surface area contributed by atoms with Crippen LogP contribution in [0.3, 0.4) is 0 Å². The highest BCUT2D eigenvalue weighted by Crippen LogP contribution is 2.07. The summed E-state index contributed by atoms with van der Waals surface area (Å²) in [6, 6.07) is 1.78. The Hall–Kier alpha value is -1.85. The third-order valence-electron chi connectivity index (χ3n) is 1.70. The highest BCUT2D eigenvalue weighted by molar-refractivity contribution is 5.74. The van der Waals surface area contributed by atoms with Crippen LogP contribution in [0.5, 0.6) is 0 Å². The van der Waals surface area contributed by atoms with E-state index in [4.69, 9.17) is 5.73 Å². The van der Waals surface area contributed by atoms with Crippen LogP contribution in [0.15, 0.2) is 12.4 Å². The molecule has 1 aromatic heterocycles. The van der Waals surface area contributed by atoms with Crippen molar-refractivity contribution < 1.29 is 4.79 Å². The average molecular weight is 209 g/mol. The van der Waals surface area contributed by atoms with E-state index in [2.05, 4.69) is 20.6 Å². The SMILES string of the molecule is CCNc1cc(NCCC(N)=O)ncn1. The van der Waals surface area contributed by atoms with Gasteiger partial charge in [-0.2, -0.15) is 0 Å². The first-order valence-electron chi connectivity index (χ1n) is 4.80. The van der Waals surface area contributed by atoms with Gasteiger partial charge in [-0.25, -0.2) is 9.97 Å². The molecule has 0 unspecified atom stereocenters. The minimum atomic E-state index is -0.330. The molecule has 0 fully saturated rings. The molecule has 0 radical (unpaired) electrons. The van der Waals surface area contributed by atoms with Crippen molar-refractivity contribution in [2.24, 2.45) is 5.73 Å². The molecule has 0 spiro atoms. The molecular formula is C9H15N5O. The van der Waals surface area contributed by atoms with E-state index in [9.17, 15) is 4.79 Å². The normalized spacial score (nSPS) is 9.67. The number of carbonyl (C=O) groups is 1. The van der Waals surface area contributed by atoms with Crippen LogP contribution < -0.4 is 16.4 Å². The van der Waals surface area contributed by atoms with Gasteiger partial charge in [0.2, 0.25) is 5.91 Å². The van der Waals surface area contributed by atoms with Crippen molar-refractivity contribution in [1.82, 2.24) is 9.97 Å². The molecule has 0 aliphatic heterocycles. The second-order valence-electron chi connectivity index (χ2n) is 2.96. The van der Waals surface area contributed by atoms with Crippen molar-refractivity contribution in [2.75, 3.05) is 23.7 Å². The lowest BCUT2D eigenvalue weighted by Gasteiger charge is -2.06. The Labute approximate surface area is 88.3 Å². The number of nitrogens with two attached hydrogens (primary N) is 1. The maximum atomic E-state index is 10.5. The molecular weight excluding hydrogens is 194 g/mol. The molecule has 6 nitrogen and oxygen atoms in total. The molecule has 0 bridgehead atoms. The molecule has 0 aliphatic carbocycles. The Morgan fingerprint density at radius 2 is 2.07 bits per heavy atom. The van der Waals surface area contributed by atoms with Gasteiger partial charge in [-0.1, -0.05) is 0 Å². The Morgan fingerprint density at radius 3 is 2.67 bits per heavy atom. The molecule has 0 atom stereocenters. The number of primary amides is 1. The molecule has 0 aromatic carbocycles. The number of nitrogens with zero attached hydrogens (tertiary/aromatic N) is 2. The number of nitrogens with one attached hydrogen (secondary N) is 2. The Balaban J connectivity index is 2.46. The zero-order valence-corrected chi connectivity index (χ0v) is 8.66. The predicted octanol–water partition coefficient (Wildman–Crippen LogP) is 0.196. The molecule has 0 saturated heterocycles. The number of carbonyl (C=O) groups excluding carboxylic acids is 1. The minimum Gasteiger partial charge on any atom is -0.370 e. The summed E-state index contributed by atoms with van der Waals surface area (Å²) in [5, 5.41) is 6.05. The van der Waals surface area contributed by atoms with E-state index in [0.29, 0.717) is 18.8 Å². The monoisotopic (exact) mass is 209 g/mol. The first-order chi connectivity index (χ1) is 7.22. The first kappa shape index (κ1) is 11.2. The number of amides is 1. The predicted molar refractivity (Wildman–Crippen MR) is 58.5 cm³/mol. The van der Waals surface area contributed by atoms with Gasteiger partial charge in [-0.05, 0) is 6.92 Å². The number of aromatic nitrogens is 2. The zero-order valence-electron chi connectivity index (χ0n) is 8.66. The molecule has 0 saturated carbocycles. The minimum absolute atomic E-state index is 0.292. The number of hydrogen-bond donors (Lipinski definition) is 3. The van der Waals surface area contributed by atoms with E-state index in [1.165, 1.54) is 6.33 Å². The van der Waals surface area contributed by atoms with Crippen LogP contribution in [0.2, 0.25) is 0 Å². The summed E-state index contributed by atoms with van der Waals surface area (Å²) in [6.45, 7) is 3.28. The molecule has 15 heavy (non-hydrogen) atoms. The maximum Gasteiger partial charge on any atom is 0.219 e. The molecule has 0 aliphatic rings. The molecule has 1 amide bonds. The Kier molecular flexibility index (Phi) is 4.33. The van der Waals surface area contributed by atoms with Crippen molar-refractivity contribution in [3.05, 3.63) is 12.4 Å². The highest BCUT2D eigenvalue weighted by Gasteiger charge is 1.98. The summed E-state index contributed by atoms with van der Waals surface area (Å²) in [4.78, 5) is 18.5. The smallest absolute Gasteiger partial charge is 0.219 e. The zero-order chi connectivity index (χ0) is 11.1. The van der Waals surface area contributed by atoms with Crippen molar-refractivity contribution in [1.29, 1.82) is 0 Å². The fourth-order valence-electron chi connectivity index (χ4n) is 1.05. The number of anilines is 2. The van der Waals surface area contributed by atoms with Gasteiger partial charge in [0.25, 0.3) is 0 Å². The van der Waals surface area contributed by atoms with Gasteiger partial charge in [0.05, 0.1) is 0 Å². The maximum absolute atomic E-state index is 10.5. The summed E-state index contributed by atoms with van der Waals surface area (Å²) >= 11 is 0. The van der Waals surface area contributed by atoms with Gasteiger partial charge in [0.1, 0.15) is 18.0 Å². The summed E-state index contributed by atoms with van der Waals surface area (Å²) in [5.41, 5.74) is 5.01. The van der Waals surface area contributed by atoms with E-state index in [0.717, 1.165) is 12.4 Å². The van der Waals surface area contributed by atoms with Crippen LogP contribution >= 0.6 is 0 Å². The van der Waals surface area contributed by atoms with E-state index >= 15 is 0 Å². The lowest BCUT2D eigenvalue weighted by Crippen LogP contribution is -2.16. The van der Waals surface area contributed by atoms with Gasteiger partial charge >= 0.3 is 0 Å². The van der Waals surface area contributed by atoms with Crippen LogP contribution in [0.1, 0.15) is 13.3 Å². The molecule has 6 heteroatoms. The van der Waals surface area contributed by atoms with Gasteiger partial charge < -0.3 is 16.4 Å².